The van der Waals surface area contributed by atoms with Gasteiger partial charge in [-0.05, 0) is 38.6 Å². The van der Waals surface area contributed by atoms with Gasteiger partial charge < -0.3 is 9.80 Å². The normalized spacial score (nSPS) is 29.2. The second-order valence-corrected chi connectivity index (χ2v) is 5.76. The molecule has 0 radical (unpaired) electrons. The Morgan fingerprint density at radius 1 is 1.35 bits per heavy atom. The van der Waals surface area contributed by atoms with Crippen LogP contribution in [0.2, 0.25) is 0 Å². The van der Waals surface area contributed by atoms with E-state index in [1.54, 1.807) is 0 Å². The molecule has 0 aromatic rings. The number of nitrogens with zero attached hydrogens (tertiary/aromatic N) is 2. The van der Waals surface area contributed by atoms with E-state index < -0.39 is 0 Å². The van der Waals surface area contributed by atoms with Crippen molar-refractivity contribution < 1.29 is 4.79 Å². The third-order valence-electron chi connectivity index (χ3n) is 4.55. The molecule has 1 N–H and O–H groups in total. The molecule has 1 saturated carbocycles. The highest BCUT2D eigenvalue weighted by molar-refractivity contribution is 5.91. The summed E-state index contributed by atoms with van der Waals surface area (Å²) in [5.74, 6) is 0.381. The van der Waals surface area contributed by atoms with Gasteiger partial charge >= 0.3 is 0 Å². The molecule has 3 aliphatic rings. The van der Waals surface area contributed by atoms with E-state index in [-0.39, 0.29) is 5.54 Å². The summed E-state index contributed by atoms with van der Waals surface area (Å²) in [6.45, 7) is 6.56. The van der Waals surface area contributed by atoms with Crippen LogP contribution in [0.15, 0.2) is 0 Å². The lowest BCUT2D eigenvalue weighted by Crippen LogP contribution is -2.46. The molecule has 0 unspecified atom stereocenters. The second-order valence-electron chi connectivity index (χ2n) is 5.76. The summed E-state index contributed by atoms with van der Waals surface area (Å²) in [5.41, 5.74) is -0.111. The van der Waals surface area contributed by atoms with Gasteiger partial charge in [0.05, 0.1) is 12.2 Å². The van der Waals surface area contributed by atoms with E-state index >= 15 is 0 Å². The predicted molar refractivity (Wildman–Crippen MR) is 66.6 cm³/mol. The van der Waals surface area contributed by atoms with Crippen LogP contribution in [0.25, 0.3) is 0 Å². The topological polar surface area (TPSA) is 35.6 Å². The highest BCUT2D eigenvalue weighted by atomic mass is 16.2. The molecule has 4 nitrogen and oxygen atoms in total. The molecule has 0 atom stereocenters. The first kappa shape index (κ1) is 11.5. The number of carbonyl (C=O) groups excluding carboxylic acids is 1. The van der Waals surface area contributed by atoms with E-state index in [9.17, 15) is 4.79 Å². The van der Waals surface area contributed by atoms with Gasteiger partial charge in [0.1, 0.15) is 0 Å². The molecule has 2 heterocycles. The zero-order valence-electron chi connectivity index (χ0n) is 10.7. The number of hydrogen-bond donors (Lipinski definition) is 1. The molecule has 1 amide bonds. The first-order valence-corrected chi connectivity index (χ1v) is 7.04. The molecule has 0 aromatic heterocycles. The fourth-order valence-corrected chi connectivity index (χ4v) is 3.24. The Bertz CT molecular complexity index is 306. The van der Waals surface area contributed by atoms with Crippen LogP contribution < -0.4 is 5.32 Å². The zero-order valence-corrected chi connectivity index (χ0v) is 10.7. The van der Waals surface area contributed by atoms with Gasteiger partial charge in [-0.15, -0.1) is 0 Å². The summed E-state index contributed by atoms with van der Waals surface area (Å²) in [4.78, 5) is 16.9. The fraction of sp³-hybridized carbons (Fsp3) is 0.923. The first-order valence-electron chi connectivity index (χ1n) is 7.04. The maximum absolute atomic E-state index is 12.2. The Morgan fingerprint density at radius 3 is 2.59 bits per heavy atom. The highest BCUT2D eigenvalue weighted by Crippen LogP contribution is 2.41. The minimum Gasteiger partial charge on any atom is -0.325 e. The number of likely N-dealkylation sites (tertiary alicyclic amines) is 1. The van der Waals surface area contributed by atoms with Crippen LogP contribution in [-0.4, -0.2) is 53.6 Å². The number of hydrogen-bond acceptors (Lipinski definition) is 3. The monoisotopic (exact) mass is 237 g/mol. The average molecular weight is 237 g/mol. The van der Waals surface area contributed by atoms with Crippen LogP contribution in [0.3, 0.4) is 0 Å². The van der Waals surface area contributed by atoms with Crippen molar-refractivity contribution in [2.24, 2.45) is 0 Å². The van der Waals surface area contributed by atoms with Crippen LogP contribution in [0.5, 0.6) is 0 Å². The minimum absolute atomic E-state index is 0.111. The maximum atomic E-state index is 12.2. The molecule has 0 bridgehead atoms. The van der Waals surface area contributed by atoms with E-state index in [0.717, 1.165) is 45.4 Å². The first-order chi connectivity index (χ1) is 8.25. The lowest BCUT2D eigenvalue weighted by Gasteiger charge is -2.36. The van der Waals surface area contributed by atoms with Crippen LogP contribution in [0.4, 0.5) is 0 Å². The van der Waals surface area contributed by atoms with Gasteiger partial charge in [-0.1, -0.05) is 6.92 Å². The summed E-state index contributed by atoms with van der Waals surface area (Å²) < 4.78 is 0. The SMILES string of the molecule is CCCN1CCC(N2CNC3(CC3)C2=O)CC1. The third-order valence-corrected chi connectivity index (χ3v) is 4.55. The molecule has 2 aliphatic heterocycles. The fourth-order valence-electron chi connectivity index (χ4n) is 3.24. The Kier molecular flexibility index (Phi) is 2.87. The summed E-state index contributed by atoms with van der Waals surface area (Å²) >= 11 is 0. The number of carbonyl (C=O) groups is 1. The van der Waals surface area contributed by atoms with E-state index in [0.29, 0.717) is 11.9 Å². The van der Waals surface area contributed by atoms with Crippen molar-refractivity contribution in [1.29, 1.82) is 0 Å². The third kappa shape index (κ3) is 1.97. The lowest BCUT2D eigenvalue weighted by atomic mass is 10.0. The molecule has 3 rings (SSSR count). The second kappa shape index (κ2) is 4.25. The molecule has 0 aromatic carbocycles. The van der Waals surface area contributed by atoms with Crippen molar-refractivity contribution in [2.45, 2.75) is 50.6 Å². The van der Waals surface area contributed by atoms with Crippen LogP contribution in [-0.2, 0) is 4.79 Å². The van der Waals surface area contributed by atoms with Crippen molar-refractivity contribution in [3.63, 3.8) is 0 Å². The molecule has 1 aliphatic carbocycles. The van der Waals surface area contributed by atoms with Gasteiger partial charge in [0.15, 0.2) is 0 Å². The summed E-state index contributed by atoms with van der Waals surface area (Å²) in [6, 6.07) is 0.489. The summed E-state index contributed by atoms with van der Waals surface area (Å²) in [6.07, 6.45) is 5.65. The smallest absolute Gasteiger partial charge is 0.244 e. The van der Waals surface area contributed by atoms with Crippen LogP contribution in [0, 0.1) is 0 Å². The van der Waals surface area contributed by atoms with Crippen molar-refractivity contribution >= 4 is 5.91 Å². The van der Waals surface area contributed by atoms with Gasteiger partial charge in [-0.25, -0.2) is 0 Å². The summed E-state index contributed by atoms with van der Waals surface area (Å²) in [7, 11) is 0. The van der Waals surface area contributed by atoms with Crippen LogP contribution >= 0.6 is 0 Å². The van der Waals surface area contributed by atoms with Gasteiger partial charge in [0.25, 0.3) is 0 Å². The average Bonchev–Trinajstić information content (AvgIpc) is 3.05. The van der Waals surface area contributed by atoms with E-state index in [2.05, 4.69) is 22.0 Å². The van der Waals surface area contributed by atoms with Crippen molar-refractivity contribution in [3.05, 3.63) is 0 Å². The quantitative estimate of drug-likeness (QED) is 0.788. The van der Waals surface area contributed by atoms with Crippen molar-refractivity contribution in [2.75, 3.05) is 26.3 Å². The van der Waals surface area contributed by atoms with E-state index in [1.807, 2.05) is 0 Å². The molecule has 96 valence electrons. The van der Waals surface area contributed by atoms with Crippen LogP contribution in [0.1, 0.15) is 39.0 Å². The number of rotatable bonds is 3. The Labute approximate surface area is 103 Å². The molecule has 3 fully saturated rings. The largest absolute Gasteiger partial charge is 0.325 e. The van der Waals surface area contributed by atoms with Crippen molar-refractivity contribution in [3.8, 4) is 0 Å². The Hall–Kier alpha value is -0.610. The molecule has 2 saturated heterocycles. The number of piperidine rings is 1. The Morgan fingerprint density at radius 2 is 2.06 bits per heavy atom. The molecule has 1 spiro atoms. The molecular weight excluding hydrogens is 214 g/mol. The standard InChI is InChI=1S/C13H23N3O/c1-2-7-15-8-3-11(4-9-15)16-10-14-13(5-6-13)12(16)17/h11,14H,2-10H2,1H3. The molecule has 4 heteroatoms. The Balaban J connectivity index is 1.55. The van der Waals surface area contributed by atoms with Gasteiger partial charge in [0, 0.05) is 19.1 Å². The number of amides is 1. The minimum atomic E-state index is -0.111. The lowest BCUT2D eigenvalue weighted by molar-refractivity contribution is -0.132. The van der Waals surface area contributed by atoms with Gasteiger partial charge in [-0.3, -0.25) is 10.1 Å². The van der Waals surface area contributed by atoms with Crippen molar-refractivity contribution in [1.82, 2.24) is 15.1 Å². The van der Waals surface area contributed by atoms with E-state index in [4.69, 9.17) is 0 Å². The van der Waals surface area contributed by atoms with Gasteiger partial charge in [-0.2, -0.15) is 0 Å². The maximum Gasteiger partial charge on any atom is 0.244 e. The van der Waals surface area contributed by atoms with Gasteiger partial charge in [0.2, 0.25) is 5.91 Å². The van der Waals surface area contributed by atoms with E-state index in [1.165, 1.54) is 13.0 Å². The molecule has 17 heavy (non-hydrogen) atoms. The summed E-state index contributed by atoms with van der Waals surface area (Å²) in [5, 5.41) is 3.40. The predicted octanol–water partition coefficient (Wildman–Crippen LogP) is 0.783. The zero-order chi connectivity index (χ0) is 11.9. The molecular formula is C13H23N3O. The number of nitrogens with one attached hydrogen (secondary N) is 1. The highest BCUT2D eigenvalue weighted by Gasteiger charge is 2.56.